The number of nitrogens with zero attached hydrogens (tertiary/aromatic N) is 5. The number of benzene rings is 1. The highest BCUT2D eigenvalue weighted by Gasteiger charge is 2.24. The van der Waals surface area contributed by atoms with Crippen molar-refractivity contribution in [3.8, 4) is 17.2 Å². The second-order valence-corrected chi connectivity index (χ2v) is 7.89. The zero-order chi connectivity index (χ0) is 21.4. The smallest absolute Gasteiger partial charge is 0.231 e. The minimum absolute atomic E-state index is 0.143. The summed E-state index contributed by atoms with van der Waals surface area (Å²) in [6.45, 7) is 7.92. The Bertz CT molecular complexity index is 1100. The van der Waals surface area contributed by atoms with Crippen LogP contribution in [0.1, 0.15) is 21.7 Å². The second-order valence-electron chi connectivity index (χ2n) is 7.89. The zero-order valence-electron chi connectivity index (χ0n) is 17.7. The molecule has 3 aromatic rings. The molecule has 0 radical (unpaired) electrons. The Balaban J connectivity index is 1.28. The van der Waals surface area contributed by atoms with Gasteiger partial charge in [0.1, 0.15) is 0 Å². The predicted molar refractivity (Wildman–Crippen MR) is 116 cm³/mol. The molecule has 4 heterocycles. The monoisotopic (exact) mass is 419 g/mol. The van der Waals surface area contributed by atoms with Crippen LogP contribution < -0.4 is 14.4 Å². The van der Waals surface area contributed by atoms with Crippen molar-refractivity contribution in [3.63, 3.8) is 0 Å². The minimum Gasteiger partial charge on any atom is -0.454 e. The number of hydrogen-bond acceptors (Lipinski definition) is 7. The molecule has 0 N–H and O–H groups in total. The van der Waals surface area contributed by atoms with Crippen LogP contribution in [0.25, 0.3) is 5.69 Å². The molecular formula is C23H25N5O3. The summed E-state index contributed by atoms with van der Waals surface area (Å²) in [4.78, 5) is 26.1. The van der Waals surface area contributed by atoms with Gasteiger partial charge in [0.05, 0.1) is 6.54 Å². The number of carbonyl (C=O) groups is 1. The maximum Gasteiger partial charge on any atom is 0.231 e. The number of fused-ring (bicyclic) bond motifs is 1. The van der Waals surface area contributed by atoms with E-state index in [0.717, 1.165) is 66.3 Å². The lowest BCUT2D eigenvalue weighted by Gasteiger charge is -2.34. The Labute approximate surface area is 181 Å². The van der Waals surface area contributed by atoms with Crippen LogP contribution in [-0.2, 0) is 0 Å². The summed E-state index contributed by atoms with van der Waals surface area (Å²) < 4.78 is 13.0. The molecule has 1 saturated heterocycles. The highest BCUT2D eigenvalue weighted by Crippen LogP contribution is 2.35. The first-order chi connectivity index (χ1) is 15.1. The Morgan fingerprint density at radius 1 is 1.00 bits per heavy atom. The van der Waals surface area contributed by atoms with Gasteiger partial charge in [-0.1, -0.05) is 0 Å². The van der Waals surface area contributed by atoms with Crippen LogP contribution in [0.4, 0.5) is 5.95 Å². The van der Waals surface area contributed by atoms with Crippen molar-refractivity contribution in [2.75, 3.05) is 44.4 Å². The molecule has 8 heteroatoms. The van der Waals surface area contributed by atoms with E-state index in [0.29, 0.717) is 6.54 Å². The van der Waals surface area contributed by atoms with Crippen molar-refractivity contribution in [2.45, 2.75) is 13.8 Å². The standard InChI is InChI=1S/C23H25N5O3/c1-16-12-19(17(2)28(16)18-4-5-21-22(13-18)31-15-30-21)20(29)14-26-8-10-27(11-9-26)23-24-6-3-7-25-23/h3-7,12-13H,8-11,14-15H2,1-2H3. The van der Waals surface area contributed by atoms with Gasteiger partial charge < -0.3 is 18.9 Å². The topological polar surface area (TPSA) is 72.7 Å². The van der Waals surface area contributed by atoms with Gasteiger partial charge in [-0.05, 0) is 38.1 Å². The Kier molecular flexibility index (Phi) is 5.07. The number of piperazine rings is 1. The van der Waals surface area contributed by atoms with Crippen LogP contribution >= 0.6 is 0 Å². The van der Waals surface area contributed by atoms with Crippen LogP contribution in [0.2, 0.25) is 0 Å². The summed E-state index contributed by atoms with van der Waals surface area (Å²) in [5.74, 6) is 2.38. The number of aryl methyl sites for hydroxylation is 1. The van der Waals surface area contributed by atoms with Gasteiger partial charge in [-0.15, -0.1) is 0 Å². The molecule has 0 saturated carbocycles. The third kappa shape index (κ3) is 3.74. The zero-order valence-corrected chi connectivity index (χ0v) is 17.7. The van der Waals surface area contributed by atoms with Crippen molar-refractivity contribution in [1.29, 1.82) is 0 Å². The first-order valence-corrected chi connectivity index (χ1v) is 10.5. The van der Waals surface area contributed by atoms with E-state index >= 15 is 0 Å². The highest BCUT2D eigenvalue weighted by molar-refractivity contribution is 5.99. The molecule has 1 fully saturated rings. The number of aromatic nitrogens is 3. The number of ether oxygens (including phenoxy) is 2. The van der Waals surface area contributed by atoms with Gasteiger partial charge in [-0.25, -0.2) is 9.97 Å². The molecule has 2 aliphatic heterocycles. The molecule has 1 aromatic carbocycles. The van der Waals surface area contributed by atoms with E-state index in [2.05, 4.69) is 24.3 Å². The van der Waals surface area contributed by atoms with Crippen molar-refractivity contribution in [3.05, 3.63) is 59.7 Å². The van der Waals surface area contributed by atoms with Crippen LogP contribution in [0.3, 0.4) is 0 Å². The van der Waals surface area contributed by atoms with Crippen molar-refractivity contribution in [2.24, 2.45) is 0 Å². The number of anilines is 1. The number of hydrogen-bond donors (Lipinski definition) is 0. The molecule has 2 aromatic heterocycles. The molecule has 160 valence electrons. The van der Waals surface area contributed by atoms with Gasteiger partial charge in [0.15, 0.2) is 17.3 Å². The fraction of sp³-hybridized carbons (Fsp3) is 0.348. The number of rotatable bonds is 5. The van der Waals surface area contributed by atoms with E-state index in [-0.39, 0.29) is 12.6 Å². The summed E-state index contributed by atoms with van der Waals surface area (Å²) in [6, 6.07) is 9.66. The van der Waals surface area contributed by atoms with Gasteiger partial charge >= 0.3 is 0 Å². The normalized spacial score (nSPS) is 16.0. The van der Waals surface area contributed by atoms with E-state index in [9.17, 15) is 4.79 Å². The lowest BCUT2D eigenvalue weighted by atomic mass is 10.1. The molecule has 31 heavy (non-hydrogen) atoms. The van der Waals surface area contributed by atoms with E-state index in [1.807, 2.05) is 44.2 Å². The predicted octanol–water partition coefficient (Wildman–Crippen LogP) is 2.62. The third-order valence-corrected chi connectivity index (χ3v) is 5.92. The maximum atomic E-state index is 13.1. The first kappa shape index (κ1) is 19.6. The first-order valence-electron chi connectivity index (χ1n) is 10.5. The minimum atomic E-state index is 0.143. The third-order valence-electron chi connectivity index (χ3n) is 5.92. The molecule has 0 spiro atoms. The Morgan fingerprint density at radius 2 is 1.74 bits per heavy atom. The Hall–Kier alpha value is -3.39. The largest absolute Gasteiger partial charge is 0.454 e. The molecule has 8 nitrogen and oxygen atoms in total. The maximum absolute atomic E-state index is 13.1. The summed E-state index contributed by atoms with van der Waals surface area (Å²) in [7, 11) is 0. The summed E-state index contributed by atoms with van der Waals surface area (Å²) >= 11 is 0. The summed E-state index contributed by atoms with van der Waals surface area (Å²) in [5.41, 5.74) is 3.70. The molecule has 0 unspecified atom stereocenters. The number of carbonyl (C=O) groups excluding carboxylic acids is 1. The van der Waals surface area contributed by atoms with E-state index in [4.69, 9.17) is 9.47 Å². The molecular weight excluding hydrogens is 394 g/mol. The van der Waals surface area contributed by atoms with Crippen LogP contribution in [0.15, 0.2) is 42.7 Å². The van der Waals surface area contributed by atoms with Crippen molar-refractivity contribution >= 4 is 11.7 Å². The van der Waals surface area contributed by atoms with Gasteiger partial charge in [-0.2, -0.15) is 0 Å². The van der Waals surface area contributed by atoms with E-state index < -0.39 is 0 Å². The highest BCUT2D eigenvalue weighted by atomic mass is 16.7. The molecule has 0 amide bonds. The number of Topliss-reactive ketones (excluding diaryl/α,β-unsaturated/α-hetero) is 1. The summed E-state index contributed by atoms with van der Waals surface area (Å²) in [6.07, 6.45) is 3.52. The molecule has 0 atom stereocenters. The van der Waals surface area contributed by atoms with Crippen LogP contribution in [-0.4, -0.2) is 64.7 Å². The van der Waals surface area contributed by atoms with Gasteiger partial charge in [0.25, 0.3) is 0 Å². The van der Waals surface area contributed by atoms with Gasteiger partial charge in [0, 0.05) is 67.3 Å². The van der Waals surface area contributed by atoms with Crippen LogP contribution in [0, 0.1) is 13.8 Å². The second kappa shape index (κ2) is 8.03. The molecule has 5 rings (SSSR count). The average Bonchev–Trinajstić information content (AvgIpc) is 3.38. The molecule has 2 aliphatic rings. The van der Waals surface area contributed by atoms with Crippen molar-refractivity contribution < 1.29 is 14.3 Å². The van der Waals surface area contributed by atoms with Crippen LogP contribution in [0.5, 0.6) is 11.5 Å². The van der Waals surface area contributed by atoms with E-state index in [1.165, 1.54) is 0 Å². The average molecular weight is 419 g/mol. The van der Waals surface area contributed by atoms with Crippen molar-refractivity contribution in [1.82, 2.24) is 19.4 Å². The Morgan fingerprint density at radius 3 is 2.52 bits per heavy atom. The fourth-order valence-corrected chi connectivity index (χ4v) is 4.32. The molecule has 0 aliphatic carbocycles. The lowest BCUT2D eigenvalue weighted by Crippen LogP contribution is -2.48. The van der Waals surface area contributed by atoms with Gasteiger partial charge in [0.2, 0.25) is 12.7 Å². The lowest BCUT2D eigenvalue weighted by molar-refractivity contribution is 0.0925. The summed E-state index contributed by atoms with van der Waals surface area (Å²) in [5, 5.41) is 0. The van der Waals surface area contributed by atoms with Gasteiger partial charge in [-0.3, -0.25) is 9.69 Å². The van der Waals surface area contributed by atoms with E-state index in [1.54, 1.807) is 12.4 Å². The molecule has 0 bridgehead atoms. The quantitative estimate of drug-likeness (QED) is 0.589. The SMILES string of the molecule is Cc1cc(C(=O)CN2CCN(c3ncccn3)CC2)c(C)n1-c1ccc2c(c1)OCO2. The number of ketones is 1. The fourth-order valence-electron chi connectivity index (χ4n) is 4.32.